The van der Waals surface area contributed by atoms with E-state index in [1.54, 1.807) is 0 Å². The molecule has 0 aromatic carbocycles. The van der Waals surface area contributed by atoms with Crippen molar-refractivity contribution in [2.24, 2.45) is 11.1 Å². The van der Waals surface area contributed by atoms with Crippen LogP contribution in [0, 0.1) is 5.41 Å². The van der Waals surface area contributed by atoms with E-state index < -0.39 is 24.6 Å². The normalized spacial score (nSPS) is 16.3. The summed E-state index contributed by atoms with van der Waals surface area (Å²) in [6, 6.07) is 0. The molecule has 0 saturated heterocycles. The summed E-state index contributed by atoms with van der Waals surface area (Å²) in [5.74, 6) is -0.660. The van der Waals surface area contributed by atoms with Crippen LogP contribution in [0.1, 0.15) is 13.3 Å². The molecule has 0 aromatic rings. The Hall–Kier alpha value is -0.640. The summed E-state index contributed by atoms with van der Waals surface area (Å²) in [7, 11) is 0. The van der Waals surface area contributed by atoms with Crippen molar-refractivity contribution in [3.8, 4) is 0 Å². The van der Waals surface area contributed by atoms with Gasteiger partial charge < -0.3 is 10.8 Å². The van der Waals surface area contributed by atoms with Crippen LogP contribution in [0.15, 0.2) is 0 Å². The number of primary amides is 1. The average Bonchev–Trinajstić information content (AvgIpc) is 1.88. The monoisotopic (exact) mass is 149 g/mol. The molecule has 0 rings (SSSR count). The van der Waals surface area contributed by atoms with Gasteiger partial charge in [0.05, 0.1) is 18.7 Å². The van der Waals surface area contributed by atoms with E-state index in [1.807, 2.05) is 0 Å². The van der Waals surface area contributed by atoms with Crippen LogP contribution >= 0.6 is 0 Å². The van der Waals surface area contributed by atoms with Crippen molar-refractivity contribution in [3.05, 3.63) is 0 Å². The molecule has 1 unspecified atom stereocenters. The number of alkyl halides is 1. The average molecular weight is 149 g/mol. The molecule has 0 spiro atoms. The third-order valence-corrected chi connectivity index (χ3v) is 1.59. The summed E-state index contributed by atoms with van der Waals surface area (Å²) in [5, 5.41) is 8.62. The second-order valence-electron chi connectivity index (χ2n) is 2.52. The highest BCUT2D eigenvalue weighted by Crippen LogP contribution is 2.19. The minimum absolute atomic E-state index is 0.0150. The Kier molecular flexibility index (Phi) is 3.28. The first kappa shape index (κ1) is 9.36. The van der Waals surface area contributed by atoms with E-state index >= 15 is 0 Å². The molecule has 3 N–H and O–H groups in total. The molecule has 3 nitrogen and oxygen atoms in total. The molecule has 0 fully saturated rings. The van der Waals surface area contributed by atoms with Crippen molar-refractivity contribution in [2.75, 3.05) is 13.3 Å². The van der Waals surface area contributed by atoms with Gasteiger partial charge in [-0.05, 0) is 13.3 Å². The van der Waals surface area contributed by atoms with Gasteiger partial charge in [0, 0.05) is 0 Å². The maximum absolute atomic E-state index is 11.7. The van der Waals surface area contributed by atoms with Crippen LogP contribution in [0.3, 0.4) is 0 Å². The van der Waals surface area contributed by atoms with E-state index in [-0.39, 0.29) is 6.42 Å². The quantitative estimate of drug-likeness (QED) is 0.583. The van der Waals surface area contributed by atoms with Crippen molar-refractivity contribution >= 4 is 5.91 Å². The standard InChI is InChI=1S/C6H12FNO2/c1-6(4-9,2-3-7)5(8)10/h9H,2-4H2,1H3,(H2,8,10). The lowest BCUT2D eigenvalue weighted by Gasteiger charge is -2.20. The zero-order chi connectivity index (χ0) is 8.20. The number of aliphatic hydroxyl groups excluding tert-OH is 1. The molecule has 1 atom stereocenters. The first-order valence-corrected chi connectivity index (χ1v) is 3.03. The molecule has 0 radical (unpaired) electrons. The number of rotatable bonds is 4. The first-order valence-electron chi connectivity index (χ1n) is 3.03. The summed E-state index contributed by atoms with van der Waals surface area (Å²) in [4.78, 5) is 10.5. The predicted molar refractivity (Wildman–Crippen MR) is 35.0 cm³/mol. The van der Waals surface area contributed by atoms with Crippen LogP contribution in [-0.2, 0) is 4.79 Å². The van der Waals surface area contributed by atoms with Gasteiger partial charge in [-0.15, -0.1) is 0 Å². The highest BCUT2D eigenvalue weighted by Gasteiger charge is 2.29. The van der Waals surface area contributed by atoms with Gasteiger partial charge in [0.25, 0.3) is 0 Å². The fraction of sp³-hybridized carbons (Fsp3) is 0.833. The van der Waals surface area contributed by atoms with E-state index in [9.17, 15) is 9.18 Å². The summed E-state index contributed by atoms with van der Waals surface area (Å²) >= 11 is 0. The maximum atomic E-state index is 11.7. The van der Waals surface area contributed by atoms with Gasteiger partial charge in [0.15, 0.2) is 0 Å². The third-order valence-electron chi connectivity index (χ3n) is 1.59. The minimum Gasteiger partial charge on any atom is -0.395 e. The maximum Gasteiger partial charge on any atom is 0.225 e. The fourth-order valence-corrected chi connectivity index (χ4v) is 0.489. The van der Waals surface area contributed by atoms with Crippen LogP contribution in [0.5, 0.6) is 0 Å². The molecule has 0 bridgehead atoms. The molecule has 0 aliphatic rings. The van der Waals surface area contributed by atoms with Gasteiger partial charge in [-0.3, -0.25) is 9.18 Å². The Morgan fingerprint density at radius 2 is 2.30 bits per heavy atom. The topological polar surface area (TPSA) is 63.3 Å². The van der Waals surface area contributed by atoms with Crippen molar-refractivity contribution in [2.45, 2.75) is 13.3 Å². The van der Waals surface area contributed by atoms with Gasteiger partial charge >= 0.3 is 0 Å². The number of halogens is 1. The zero-order valence-corrected chi connectivity index (χ0v) is 5.93. The molecule has 0 saturated carbocycles. The van der Waals surface area contributed by atoms with E-state index in [4.69, 9.17) is 10.8 Å². The lowest BCUT2D eigenvalue weighted by Crippen LogP contribution is -2.37. The highest BCUT2D eigenvalue weighted by atomic mass is 19.1. The van der Waals surface area contributed by atoms with E-state index in [2.05, 4.69) is 0 Å². The van der Waals surface area contributed by atoms with Gasteiger partial charge in [0.1, 0.15) is 0 Å². The lowest BCUT2D eigenvalue weighted by molar-refractivity contribution is -0.129. The molecule has 4 heteroatoms. The van der Waals surface area contributed by atoms with Crippen molar-refractivity contribution in [3.63, 3.8) is 0 Å². The molecule has 0 heterocycles. The number of carbonyl (C=O) groups excluding carboxylic acids is 1. The number of amides is 1. The fourth-order valence-electron chi connectivity index (χ4n) is 0.489. The highest BCUT2D eigenvalue weighted by molar-refractivity contribution is 5.80. The molecule has 10 heavy (non-hydrogen) atoms. The SMILES string of the molecule is CC(CO)(CCF)C(N)=O. The van der Waals surface area contributed by atoms with Crippen molar-refractivity contribution in [1.29, 1.82) is 0 Å². The Morgan fingerprint density at radius 3 is 2.40 bits per heavy atom. The van der Waals surface area contributed by atoms with Crippen LogP contribution in [-0.4, -0.2) is 24.3 Å². The number of aliphatic hydroxyl groups is 1. The van der Waals surface area contributed by atoms with Gasteiger partial charge in [-0.25, -0.2) is 0 Å². The van der Waals surface area contributed by atoms with E-state index in [0.29, 0.717) is 0 Å². The summed E-state index contributed by atoms with van der Waals surface area (Å²) in [6.07, 6.45) is -0.0150. The largest absolute Gasteiger partial charge is 0.395 e. The molecule has 60 valence electrons. The number of hydrogen-bond acceptors (Lipinski definition) is 2. The Bertz CT molecular complexity index is 129. The summed E-state index contributed by atoms with van der Waals surface area (Å²) in [5.41, 5.74) is 3.81. The van der Waals surface area contributed by atoms with Gasteiger partial charge in [0.2, 0.25) is 5.91 Å². The van der Waals surface area contributed by atoms with E-state index in [0.717, 1.165) is 0 Å². The van der Waals surface area contributed by atoms with E-state index in [1.165, 1.54) is 6.92 Å². The summed E-state index contributed by atoms with van der Waals surface area (Å²) < 4.78 is 11.7. The molecular formula is C6H12FNO2. The Balaban J connectivity index is 4.08. The second kappa shape index (κ2) is 3.51. The number of nitrogens with two attached hydrogens (primary N) is 1. The zero-order valence-electron chi connectivity index (χ0n) is 5.93. The van der Waals surface area contributed by atoms with Gasteiger partial charge in [-0.1, -0.05) is 0 Å². The predicted octanol–water partition coefficient (Wildman–Crippen LogP) is -0.170. The second-order valence-corrected chi connectivity index (χ2v) is 2.52. The van der Waals surface area contributed by atoms with Crippen LogP contribution < -0.4 is 5.73 Å². The number of carbonyl (C=O) groups is 1. The number of hydrogen-bond donors (Lipinski definition) is 2. The Morgan fingerprint density at radius 1 is 1.80 bits per heavy atom. The molecule has 0 aliphatic carbocycles. The van der Waals surface area contributed by atoms with Crippen molar-refractivity contribution in [1.82, 2.24) is 0 Å². The van der Waals surface area contributed by atoms with Crippen LogP contribution in [0.4, 0.5) is 4.39 Å². The summed E-state index contributed by atoms with van der Waals surface area (Å²) in [6.45, 7) is 0.404. The van der Waals surface area contributed by atoms with Gasteiger partial charge in [-0.2, -0.15) is 0 Å². The first-order chi connectivity index (χ1) is 4.56. The van der Waals surface area contributed by atoms with Crippen LogP contribution in [0.2, 0.25) is 0 Å². The van der Waals surface area contributed by atoms with Crippen molar-refractivity contribution < 1.29 is 14.3 Å². The smallest absolute Gasteiger partial charge is 0.225 e. The Labute approximate surface area is 59.0 Å². The minimum atomic E-state index is -1.09. The molecule has 0 aromatic heterocycles. The lowest BCUT2D eigenvalue weighted by atomic mass is 9.88. The molecular weight excluding hydrogens is 137 g/mol. The van der Waals surface area contributed by atoms with Crippen LogP contribution in [0.25, 0.3) is 0 Å². The molecule has 1 amide bonds. The molecule has 0 aliphatic heterocycles. The third kappa shape index (κ3) is 1.95.